The standard InChI is InChI=1S/C12H15BrClFN2O3S/c13-10-8(14)5-9(11(15)12(10)16)21(19,20)17-3-1-7(6-17)2-4-18/h5,7,18H,1-4,6,16H2. The molecule has 0 amide bonds. The van der Waals surface area contributed by atoms with Gasteiger partial charge in [-0.2, -0.15) is 4.31 Å². The second-order valence-corrected chi connectivity index (χ2v) is 8.03. The highest BCUT2D eigenvalue weighted by atomic mass is 79.9. The summed E-state index contributed by atoms with van der Waals surface area (Å²) >= 11 is 8.88. The summed E-state index contributed by atoms with van der Waals surface area (Å²) in [6, 6.07) is 1.06. The third-order valence-electron chi connectivity index (χ3n) is 3.56. The molecule has 5 nitrogen and oxygen atoms in total. The molecule has 9 heteroatoms. The predicted octanol–water partition coefficient (Wildman–Crippen LogP) is 2.22. The topological polar surface area (TPSA) is 83.6 Å². The first-order chi connectivity index (χ1) is 9.78. The number of rotatable bonds is 4. The summed E-state index contributed by atoms with van der Waals surface area (Å²) < 4.78 is 40.5. The van der Waals surface area contributed by atoms with Crippen molar-refractivity contribution in [3.63, 3.8) is 0 Å². The fourth-order valence-electron chi connectivity index (χ4n) is 2.36. The maximum Gasteiger partial charge on any atom is 0.246 e. The minimum atomic E-state index is -3.99. The Hall–Kier alpha value is -0.410. The van der Waals surface area contributed by atoms with Gasteiger partial charge in [0.05, 0.1) is 15.2 Å². The van der Waals surface area contributed by atoms with Crippen LogP contribution in [0.1, 0.15) is 12.8 Å². The highest BCUT2D eigenvalue weighted by Crippen LogP contribution is 2.36. The molecule has 1 aliphatic heterocycles. The van der Waals surface area contributed by atoms with Crippen LogP contribution in [-0.4, -0.2) is 37.5 Å². The van der Waals surface area contributed by atoms with Gasteiger partial charge in [-0.3, -0.25) is 0 Å². The fourth-order valence-corrected chi connectivity index (χ4v) is 4.56. The molecule has 0 aromatic heterocycles. The second kappa shape index (κ2) is 6.37. The first-order valence-corrected chi connectivity index (χ1v) is 8.94. The maximum absolute atomic E-state index is 14.2. The Labute approximate surface area is 136 Å². The quantitative estimate of drug-likeness (QED) is 0.598. The minimum Gasteiger partial charge on any atom is -0.396 e. The molecule has 1 heterocycles. The number of benzene rings is 1. The molecule has 3 N–H and O–H groups in total. The number of sulfonamides is 1. The van der Waals surface area contributed by atoms with Crippen LogP contribution in [0, 0.1) is 11.7 Å². The van der Waals surface area contributed by atoms with Crippen LogP contribution in [0.15, 0.2) is 15.4 Å². The zero-order chi connectivity index (χ0) is 15.8. The first kappa shape index (κ1) is 17.0. The molecule has 2 rings (SSSR count). The van der Waals surface area contributed by atoms with Crippen LogP contribution < -0.4 is 5.73 Å². The summed E-state index contributed by atoms with van der Waals surface area (Å²) in [5.41, 5.74) is 5.20. The number of nitrogen functional groups attached to an aromatic ring is 1. The van der Waals surface area contributed by atoms with E-state index in [0.717, 1.165) is 6.07 Å². The van der Waals surface area contributed by atoms with E-state index in [1.54, 1.807) is 0 Å². The van der Waals surface area contributed by atoms with Crippen LogP contribution in [0.3, 0.4) is 0 Å². The van der Waals surface area contributed by atoms with E-state index >= 15 is 0 Å². The van der Waals surface area contributed by atoms with Crippen LogP contribution in [-0.2, 0) is 10.0 Å². The van der Waals surface area contributed by atoms with Gasteiger partial charge in [0.25, 0.3) is 0 Å². The summed E-state index contributed by atoms with van der Waals surface area (Å²) in [4.78, 5) is -0.516. The third-order valence-corrected chi connectivity index (χ3v) is 6.81. The van der Waals surface area contributed by atoms with E-state index in [2.05, 4.69) is 15.9 Å². The summed E-state index contributed by atoms with van der Waals surface area (Å²) in [5, 5.41) is 8.95. The van der Waals surface area contributed by atoms with Crippen molar-refractivity contribution in [1.82, 2.24) is 4.31 Å². The molecule has 21 heavy (non-hydrogen) atoms. The van der Waals surface area contributed by atoms with E-state index in [4.69, 9.17) is 22.4 Å². The van der Waals surface area contributed by atoms with E-state index in [1.165, 1.54) is 4.31 Å². The van der Waals surface area contributed by atoms with Crippen molar-refractivity contribution in [2.24, 2.45) is 5.92 Å². The molecule has 0 radical (unpaired) electrons. The van der Waals surface area contributed by atoms with Gasteiger partial charge in [0.2, 0.25) is 10.0 Å². The summed E-state index contributed by atoms with van der Waals surface area (Å²) in [6.07, 6.45) is 1.17. The van der Waals surface area contributed by atoms with Crippen molar-refractivity contribution in [3.05, 3.63) is 21.4 Å². The highest BCUT2D eigenvalue weighted by Gasteiger charge is 2.35. The van der Waals surface area contributed by atoms with Crippen molar-refractivity contribution in [1.29, 1.82) is 0 Å². The van der Waals surface area contributed by atoms with Crippen molar-refractivity contribution < 1.29 is 17.9 Å². The zero-order valence-corrected chi connectivity index (χ0v) is 14.2. The summed E-state index contributed by atoms with van der Waals surface area (Å²) in [5.74, 6) is -0.923. The molecule has 1 atom stereocenters. The lowest BCUT2D eigenvalue weighted by molar-refractivity contribution is 0.259. The maximum atomic E-state index is 14.2. The lowest BCUT2D eigenvalue weighted by Crippen LogP contribution is -2.30. The number of nitrogens with zero attached hydrogens (tertiary/aromatic N) is 1. The minimum absolute atomic E-state index is 0.00394. The van der Waals surface area contributed by atoms with Gasteiger partial charge in [0.15, 0.2) is 5.82 Å². The average molecular weight is 402 g/mol. The van der Waals surface area contributed by atoms with Gasteiger partial charge in [0, 0.05) is 19.7 Å². The lowest BCUT2D eigenvalue weighted by Gasteiger charge is -2.18. The second-order valence-electron chi connectivity index (χ2n) is 4.93. The Morgan fingerprint density at radius 2 is 2.24 bits per heavy atom. The predicted molar refractivity (Wildman–Crippen MR) is 82.1 cm³/mol. The van der Waals surface area contributed by atoms with E-state index in [0.29, 0.717) is 19.4 Å². The van der Waals surface area contributed by atoms with Gasteiger partial charge in [-0.25, -0.2) is 12.8 Å². The van der Waals surface area contributed by atoms with Gasteiger partial charge in [-0.05, 0) is 40.8 Å². The fraction of sp³-hybridized carbons (Fsp3) is 0.500. The molecule has 0 saturated carbocycles. The Balaban J connectivity index is 2.38. The Kier molecular flexibility index (Phi) is 5.15. The summed E-state index contributed by atoms with van der Waals surface area (Å²) in [6.45, 7) is 0.555. The smallest absolute Gasteiger partial charge is 0.246 e. The monoisotopic (exact) mass is 400 g/mol. The largest absolute Gasteiger partial charge is 0.396 e. The number of hydrogen-bond donors (Lipinski definition) is 2. The molecule has 1 aromatic rings. The molecule has 0 bridgehead atoms. The molecule has 0 spiro atoms. The van der Waals surface area contributed by atoms with Gasteiger partial charge in [0.1, 0.15) is 4.90 Å². The number of anilines is 1. The molecule has 1 unspecified atom stereocenters. The molecule has 118 valence electrons. The zero-order valence-electron chi connectivity index (χ0n) is 11.0. The van der Waals surface area contributed by atoms with Crippen LogP contribution in [0.2, 0.25) is 5.02 Å². The van der Waals surface area contributed by atoms with Crippen molar-refractivity contribution in [2.45, 2.75) is 17.7 Å². The van der Waals surface area contributed by atoms with Gasteiger partial charge in [-0.1, -0.05) is 11.6 Å². The van der Waals surface area contributed by atoms with Crippen LogP contribution in [0.25, 0.3) is 0 Å². The average Bonchev–Trinajstić information content (AvgIpc) is 2.90. The third kappa shape index (κ3) is 3.19. The van der Waals surface area contributed by atoms with E-state index in [-0.39, 0.29) is 34.3 Å². The first-order valence-electron chi connectivity index (χ1n) is 6.33. The van der Waals surface area contributed by atoms with E-state index < -0.39 is 20.7 Å². The normalized spacial score (nSPS) is 20.1. The number of nitrogens with two attached hydrogens (primary N) is 1. The number of halogens is 3. The molecular weight excluding hydrogens is 387 g/mol. The van der Waals surface area contributed by atoms with Crippen molar-refractivity contribution >= 4 is 43.2 Å². The van der Waals surface area contributed by atoms with E-state index in [1.807, 2.05) is 0 Å². The van der Waals surface area contributed by atoms with Crippen LogP contribution in [0.4, 0.5) is 10.1 Å². The molecular formula is C12H15BrClFN2O3S. The SMILES string of the molecule is Nc1c(F)c(S(=O)(=O)N2CCC(CCO)C2)cc(Cl)c1Br. The number of hydrogen-bond acceptors (Lipinski definition) is 4. The molecule has 1 aliphatic rings. The van der Waals surface area contributed by atoms with E-state index in [9.17, 15) is 12.8 Å². The van der Waals surface area contributed by atoms with Gasteiger partial charge in [-0.15, -0.1) is 0 Å². The van der Waals surface area contributed by atoms with Crippen molar-refractivity contribution in [3.8, 4) is 0 Å². The van der Waals surface area contributed by atoms with Crippen LogP contribution in [0.5, 0.6) is 0 Å². The molecule has 0 aliphatic carbocycles. The summed E-state index contributed by atoms with van der Waals surface area (Å²) in [7, 11) is -3.99. The number of aliphatic hydroxyl groups excluding tert-OH is 1. The highest BCUT2D eigenvalue weighted by molar-refractivity contribution is 9.10. The Morgan fingerprint density at radius 3 is 2.86 bits per heavy atom. The number of aliphatic hydroxyl groups is 1. The Morgan fingerprint density at radius 1 is 1.57 bits per heavy atom. The lowest BCUT2D eigenvalue weighted by atomic mass is 10.1. The molecule has 1 aromatic carbocycles. The molecule has 1 fully saturated rings. The van der Waals surface area contributed by atoms with Crippen molar-refractivity contribution in [2.75, 3.05) is 25.4 Å². The van der Waals surface area contributed by atoms with Crippen LogP contribution >= 0.6 is 27.5 Å². The van der Waals surface area contributed by atoms with Gasteiger partial charge >= 0.3 is 0 Å². The Bertz CT molecular complexity index is 656. The van der Waals surface area contributed by atoms with Gasteiger partial charge < -0.3 is 10.8 Å². The molecule has 1 saturated heterocycles.